The molecule has 0 atom stereocenters. The summed E-state index contributed by atoms with van der Waals surface area (Å²) in [5.74, 6) is 0.472. The van der Waals surface area contributed by atoms with Crippen LogP contribution in [-0.4, -0.2) is 38.6 Å². The van der Waals surface area contributed by atoms with E-state index in [-0.39, 0.29) is 22.8 Å². The van der Waals surface area contributed by atoms with E-state index in [1.807, 2.05) is 32.9 Å². The highest BCUT2D eigenvalue weighted by atomic mass is 32.2. The molecule has 1 aliphatic rings. The second kappa shape index (κ2) is 10.3. The zero-order chi connectivity index (χ0) is 26.8. The van der Waals surface area contributed by atoms with E-state index in [4.69, 9.17) is 18.4 Å². The van der Waals surface area contributed by atoms with E-state index in [1.165, 1.54) is 37.4 Å². The maximum absolute atomic E-state index is 13.2. The van der Waals surface area contributed by atoms with Gasteiger partial charge in [0.05, 0.1) is 24.8 Å². The number of aliphatic hydroxyl groups is 1. The lowest BCUT2D eigenvalue weighted by Crippen LogP contribution is -2.27. The number of aliphatic hydroxyl groups excluding tert-OH is 1. The molecule has 9 heteroatoms. The number of methoxy groups -OCH3 is 1. The van der Waals surface area contributed by atoms with Crippen LogP contribution < -0.4 is 18.4 Å². The molecule has 8 nitrogen and oxygen atoms in total. The van der Waals surface area contributed by atoms with Crippen molar-refractivity contribution < 1.29 is 36.7 Å². The van der Waals surface area contributed by atoms with E-state index in [0.717, 1.165) is 5.56 Å². The fourth-order valence-corrected chi connectivity index (χ4v) is 4.73. The Labute approximate surface area is 216 Å². The Morgan fingerprint density at radius 2 is 1.78 bits per heavy atom. The Balaban J connectivity index is 1.62. The lowest BCUT2D eigenvalue weighted by molar-refractivity contribution is 0.0916. The molecule has 1 N–H and O–H groups in total. The first-order chi connectivity index (χ1) is 17.5. The quantitative estimate of drug-likeness (QED) is 0.317. The largest absolute Gasteiger partial charge is 0.497 e. The molecule has 194 valence electrons. The molecule has 0 radical (unpaired) electrons. The molecule has 0 spiro atoms. The molecule has 0 saturated heterocycles. The van der Waals surface area contributed by atoms with Crippen molar-refractivity contribution >= 4 is 22.0 Å². The number of hydrogen-bond acceptors (Lipinski definition) is 8. The molecule has 3 aromatic carbocycles. The standard InChI is InChI=1S/C28H28O8S/c1-18-5-9-21(10-6-18)37(31,32)36-26-15-20(33-4)8-11-22(26)24(30)17-34-27-19(16-29)7-12-25-23(27)13-14-28(2,3)35-25/h5-15,29H,16-17H2,1-4H3. The first-order valence-corrected chi connectivity index (χ1v) is 12.9. The van der Waals surface area contributed by atoms with E-state index in [0.29, 0.717) is 28.4 Å². The van der Waals surface area contributed by atoms with Gasteiger partial charge in [-0.3, -0.25) is 4.79 Å². The van der Waals surface area contributed by atoms with Gasteiger partial charge in [-0.15, -0.1) is 0 Å². The fraction of sp³-hybridized carbons (Fsp3) is 0.250. The summed E-state index contributed by atoms with van der Waals surface area (Å²) in [6, 6.07) is 13.9. The number of benzene rings is 3. The van der Waals surface area contributed by atoms with Crippen molar-refractivity contribution in [1.29, 1.82) is 0 Å². The number of rotatable bonds is 9. The van der Waals surface area contributed by atoms with E-state index in [2.05, 4.69) is 0 Å². The van der Waals surface area contributed by atoms with Gasteiger partial charge in [-0.1, -0.05) is 17.7 Å². The van der Waals surface area contributed by atoms with E-state index < -0.39 is 28.1 Å². The molecule has 0 bridgehead atoms. The van der Waals surface area contributed by atoms with Crippen LogP contribution in [0.25, 0.3) is 6.08 Å². The van der Waals surface area contributed by atoms with Gasteiger partial charge in [-0.25, -0.2) is 0 Å². The molecule has 0 aliphatic carbocycles. The van der Waals surface area contributed by atoms with Crippen LogP contribution >= 0.6 is 0 Å². The third-order valence-electron chi connectivity index (χ3n) is 5.78. The minimum atomic E-state index is -4.22. The monoisotopic (exact) mass is 524 g/mol. The number of carbonyl (C=O) groups is 1. The summed E-state index contributed by atoms with van der Waals surface area (Å²) in [5, 5.41) is 9.83. The summed E-state index contributed by atoms with van der Waals surface area (Å²) in [6.45, 7) is 4.91. The molecule has 0 aromatic heterocycles. The van der Waals surface area contributed by atoms with Gasteiger partial charge >= 0.3 is 10.1 Å². The van der Waals surface area contributed by atoms with Gasteiger partial charge in [0.2, 0.25) is 5.78 Å². The Morgan fingerprint density at radius 3 is 2.46 bits per heavy atom. The zero-order valence-corrected chi connectivity index (χ0v) is 21.8. The number of carbonyl (C=O) groups excluding carboxylic acids is 1. The molecule has 4 rings (SSSR count). The van der Waals surface area contributed by atoms with Crippen LogP contribution in [0.15, 0.2) is 65.6 Å². The Kier molecular flexibility index (Phi) is 7.29. The zero-order valence-electron chi connectivity index (χ0n) is 21.0. The van der Waals surface area contributed by atoms with Crippen molar-refractivity contribution in [3.8, 4) is 23.0 Å². The number of hydrogen-bond donors (Lipinski definition) is 1. The number of aryl methyl sites for hydroxylation is 1. The molecule has 37 heavy (non-hydrogen) atoms. The Morgan fingerprint density at radius 1 is 1.05 bits per heavy atom. The minimum Gasteiger partial charge on any atom is -0.497 e. The summed E-state index contributed by atoms with van der Waals surface area (Å²) in [6.07, 6.45) is 3.68. The van der Waals surface area contributed by atoms with Gasteiger partial charge in [0.1, 0.15) is 27.7 Å². The highest BCUT2D eigenvalue weighted by Gasteiger charge is 2.26. The molecular weight excluding hydrogens is 496 g/mol. The van der Waals surface area contributed by atoms with Crippen LogP contribution in [0.5, 0.6) is 23.0 Å². The van der Waals surface area contributed by atoms with Crippen LogP contribution in [-0.2, 0) is 16.7 Å². The van der Waals surface area contributed by atoms with Gasteiger partial charge in [0, 0.05) is 11.6 Å². The Hall–Kier alpha value is -3.82. The summed E-state index contributed by atoms with van der Waals surface area (Å²) in [4.78, 5) is 13.2. The van der Waals surface area contributed by atoms with Crippen molar-refractivity contribution in [2.45, 2.75) is 37.9 Å². The highest BCUT2D eigenvalue weighted by Crippen LogP contribution is 2.39. The molecule has 1 heterocycles. The van der Waals surface area contributed by atoms with Crippen LogP contribution in [0.1, 0.15) is 40.9 Å². The lowest BCUT2D eigenvalue weighted by atomic mass is 9.99. The van der Waals surface area contributed by atoms with Gasteiger partial charge in [0.25, 0.3) is 0 Å². The highest BCUT2D eigenvalue weighted by molar-refractivity contribution is 7.87. The van der Waals surface area contributed by atoms with Gasteiger partial charge < -0.3 is 23.5 Å². The predicted octanol–water partition coefficient (Wildman–Crippen LogP) is 4.71. The number of fused-ring (bicyclic) bond motifs is 1. The van der Waals surface area contributed by atoms with E-state index in [1.54, 1.807) is 24.3 Å². The fourth-order valence-electron chi connectivity index (χ4n) is 3.79. The van der Waals surface area contributed by atoms with Crippen LogP contribution in [0, 0.1) is 6.92 Å². The average molecular weight is 525 g/mol. The number of Topliss-reactive ketones (excluding diaryl/α,β-unsaturated/α-hetero) is 1. The van der Waals surface area contributed by atoms with E-state index >= 15 is 0 Å². The van der Waals surface area contributed by atoms with E-state index in [9.17, 15) is 18.3 Å². The summed E-state index contributed by atoms with van der Waals surface area (Å²) in [7, 11) is -2.80. The summed E-state index contributed by atoms with van der Waals surface area (Å²) in [5.41, 5.74) is 1.46. The Bertz CT molecular complexity index is 1450. The molecule has 3 aromatic rings. The van der Waals surface area contributed by atoms with Crippen molar-refractivity contribution in [2.75, 3.05) is 13.7 Å². The molecular formula is C28H28O8S. The van der Waals surface area contributed by atoms with Crippen molar-refractivity contribution in [2.24, 2.45) is 0 Å². The molecule has 1 aliphatic heterocycles. The van der Waals surface area contributed by atoms with Gasteiger partial charge in [0.15, 0.2) is 12.4 Å². The first kappa shape index (κ1) is 26.2. The smallest absolute Gasteiger partial charge is 0.339 e. The lowest BCUT2D eigenvalue weighted by Gasteiger charge is -2.29. The molecule has 0 amide bonds. The number of ketones is 1. The normalized spacial score (nSPS) is 13.9. The van der Waals surface area contributed by atoms with Crippen molar-refractivity contribution in [3.05, 3.63) is 82.9 Å². The average Bonchev–Trinajstić information content (AvgIpc) is 2.86. The molecule has 0 unspecified atom stereocenters. The van der Waals surface area contributed by atoms with Crippen LogP contribution in [0.2, 0.25) is 0 Å². The molecule has 0 saturated carbocycles. The maximum atomic E-state index is 13.2. The van der Waals surface area contributed by atoms with Crippen molar-refractivity contribution in [1.82, 2.24) is 0 Å². The van der Waals surface area contributed by atoms with Gasteiger partial charge in [-0.05, 0) is 69.3 Å². The third kappa shape index (κ3) is 5.79. The summed E-state index contributed by atoms with van der Waals surface area (Å²) < 4.78 is 48.2. The van der Waals surface area contributed by atoms with Crippen LogP contribution in [0.3, 0.4) is 0 Å². The number of ether oxygens (including phenoxy) is 3. The maximum Gasteiger partial charge on any atom is 0.339 e. The molecule has 0 fully saturated rings. The SMILES string of the molecule is COc1ccc(C(=O)COc2c(CO)ccc3c2C=CC(C)(C)O3)c(OS(=O)(=O)c2ccc(C)cc2)c1. The van der Waals surface area contributed by atoms with Crippen molar-refractivity contribution in [3.63, 3.8) is 0 Å². The summed E-state index contributed by atoms with van der Waals surface area (Å²) >= 11 is 0. The van der Waals surface area contributed by atoms with Crippen LogP contribution in [0.4, 0.5) is 0 Å². The minimum absolute atomic E-state index is 0.000223. The second-order valence-corrected chi connectivity index (χ2v) is 10.6. The predicted molar refractivity (Wildman–Crippen MR) is 138 cm³/mol. The topological polar surface area (TPSA) is 108 Å². The second-order valence-electron chi connectivity index (χ2n) is 9.09. The van der Waals surface area contributed by atoms with Gasteiger partial charge in [-0.2, -0.15) is 8.42 Å². The third-order valence-corrected chi connectivity index (χ3v) is 7.03. The first-order valence-electron chi connectivity index (χ1n) is 11.5.